The van der Waals surface area contributed by atoms with Gasteiger partial charge < -0.3 is 10.2 Å². The van der Waals surface area contributed by atoms with E-state index in [0.717, 1.165) is 10.5 Å². The maximum Gasteiger partial charge on any atom is 0.0465 e. The molecule has 2 bridgehead atoms. The Balaban J connectivity index is 1.86. The summed E-state index contributed by atoms with van der Waals surface area (Å²) in [5, 5.41) is 20.2. The fourth-order valence-electron chi connectivity index (χ4n) is 3.45. The van der Waals surface area contributed by atoms with Crippen LogP contribution in [-0.2, 0) is 0 Å². The summed E-state index contributed by atoms with van der Waals surface area (Å²) >= 11 is 0. The van der Waals surface area contributed by atoms with Crippen molar-refractivity contribution in [2.75, 3.05) is 13.2 Å². The Bertz CT molecular complexity index is 216. The lowest BCUT2D eigenvalue weighted by Gasteiger charge is -2.34. The zero-order valence-corrected chi connectivity index (χ0v) is 10.2. The van der Waals surface area contributed by atoms with Crippen LogP contribution in [0.1, 0.15) is 6.42 Å². The molecule has 2 saturated carbocycles. The van der Waals surface area contributed by atoms with E-state index in [1.165, 1.54) is 6.42 Å². The van der Waals surface area contributed by atoms with Crippen molar-refractivity contribution < 1.29 is 10.2 Å². The Morgan fingerprint density at radius 1 is 0.929 bits per heavy atom. The number of hydrogen-bond donors (Lipinski definition) is 2. The van der Waals surface area contributed by atoms with Gasteiger partial charge >= 0.3 is 0 Å². The molecule has 3 fully saturated rings. The maximum atomic E-state index is 9.38. The van der Waals surface area contributed by atoms with E-state index in [2.05, 4.69) is 0 Å². The molecule has 0 spiro atoms. The molecule has 3 aliphatic rings. The molecule has 0 aromatic carbocycles. The van der Waals surface area contributed by atoms with Crippen LogP contribution in [0.15, 0.2) is 0 Å². The highest BCUT2D eigenvalue weighted by molar-refractivity contribution is 9.11. The second kappa shape index (κ2) is 3.77. The summed E-state index contributed by atoms with van der Waals surface area (Å²) in [6, 6.07) is 0. The standard InChI is InChI=1S/C9H14O2S3/c10-2-6-4-1-5(7(6)3-11)9-8(4)12-14-13-9/h4-11H,1-3H2. The average molecular weight is 250 g/mol. The van der Waals surface area contributed by atoms with E-state index in [1.54, 1.807) is 0 Å². The van der Waals surface area contributed by atoms with E-state index in [-0.39, 0.29) is 13.2 Å². The molecular weight excluding hydrogens is 236 g/mol. The lowest BCUT2D eigenvalue weighted by atomic mass is 9.79. The third-order valence-electron chi connectivity index (χ3n) is 4.08. The number of hydrogen-bond acceptors (Lipinski definition) is 5. The van der Waals surface area contributed by atoms with Gasteiger partial charge in [0, 0.05) is 23.7 Å². The van der Waals surface area contributed by atoms with Crippen molar-refractivity contribution in [1.29, 1.82) is 0 Å². The normalized spacial score (nSPS) is 55.3. The summed E-state index contributed by atoms with van der Waals surface area (Å²) in [4.78, 5) is 0. The Morgan fingerprint density at radius 2 is 1.43 bits per heavy atom. The topological polar surface area (TPSA) is 40.5 Å². The van der Waals surface area contributed by atoms with Gasteiger partial charge in [0.1, 0.15) is 0 Å². The second-order valence-electron chi connectivity index (χ2n) is 4.45. The monoisotopic (exact) mass is 250 g/mol. The number of fused-ring (bicyclic) bond motifs is 5. The van der Waals surface area contributed by atoms with Crippen molar-refractivity contribution in [2.24, 2.45) is 23.7 Å². The van der Waals surface area contributed by atoms with Crippen molar-refractivity contribution >= 4 is 31.4 Å². The van der Waals surface area contributed by atoms with E-state index in [1.807, 2.05) is 31.4 Å². The fourth-order valence-corrected chi connectivity index (χ4v) is 10.3. The molecular formula is C9H14O2S3. The average Bonchev–Trinajstić information content (AvgIpc) is 2.86. The van der Waals surface area contributed by atoms with Gasteiger partial charge in [0.2, 0.25) is 0 Å². The molecule has 0 aromatic rings. The molecule has 3 rings (SSSR count). The van der Waals surface area contributed by atoms with Crippen molar-refractivity contribution in [3.8, 4) is 0 Å². The highest BCUT2D eigenvalue weighted by Crippen LogP contribution is 2.68. The minimum atomic E-state index is 0.269. The third-order valence-corrected chi connectivity index (χ3v) is 9.36. The van der Waals surface area contributed by atoms with E-state index in [4.69, 9.17) is 0 Å². The summed E-state index contributed by atoms with van der Waals surface area (Å²) < 4.78 is 0. The van der Waals surface area contributed by atoms with Gasteiger partial charge in [-0.2, -0.15) is 0 Å². The molecule has 2 aliphatic carbocycles. The van der Waals surface area contributed by atoms with Gasteiger partial charge in [0.25, 0.3) is 0 Å². The molecule has 1 heterocycles. The van der Waals surface area contributed by atoms with E-state index in [9.17, 15) is 10.2 Å². The van der Waals surface area contributed by atoms with Gasteiger partial charge in [0.15, 0.2) is 0 Å². The van der Waals surface area contributed by atoms with Gasteiger partial charge in [-0.3, -0.25) is 0 Å². The molecule has 14 heavy (non-hydrogen) atoms. The first-order chi connectivity index (χ1) is 6.86. The van der Waals surface area contributed by atoms with Crippen molar-refractivity contribution in [3.05, 3.63) is 0 Å². The fraction of sp³-hybridized carbons (Fsp3) is 1.00. The first kappa shape index (κ1) is 10.1. The highest BCUT2D eigenvalue weighted by atomic mass is 33.5. The molecule has 5 heteroatoms. The minimum Gasteiger partial charge on any atom is -0.396 e. The maximum absolute atomic E-state index is 9.38. The quantitative estimate of drug-likeness (QED) is 0.729. The molecule has 0 radical (unpaired) electrons. The highest BCUT2D eigenvalue weighted by Gasteiger charge is 2.59. The summed E-state index contributed by atoms with van der Waals surface area (Å²) in [5.41, 5.74) is 0. The Kier molecular flexibility index (Phi) is 2.73. The SMILES string of the molecule is OCC1C(CO)C2CC1C1SSSC21. The Labute approximate surface area is 95.4 Å². The zero-order chi connectivity index (χ0) is 9.71. The molecule has 6 unspecified atom stereocenters. The predicted octanol–water partition coefficient (Wildman–Crippen LogP) is 1.63. The van der Waals surface area contributed by atoms with Gasteiger partial charge in [0.05, 0.1) is 0 Å². The van der Waals surface area contributed by atoms with Crippen LogP contribution in [0.2, 0.25) is 0 Å². The van der Waals surface area contributed by atoms with Crippen LogP contribution in [-0.4, -0.2) is 33.9 Å². The first-order valence-corrected chi connectivity index (χ1v) is 8.68. The van der Waals surface area contributed by atoms with Gasteiger partial charge in [-0.25, -0.2) is 0 Å². The number of aliphatic hydroxyl groups excluding tert-OH is 2. The van der Waals surface area contributed by atoms with E-state index >= 15 is 0 Å². The molecule has 80 valence electrons. The minimum absolute atomic E-state index is 0.269. The summed E-state index contributed by atoms with van der Waals surface area (Å²) in [7, 11) is 5.90. The van der Waals surface area contributed by atoms with Crippen LogP contribution in [0, 0.1) is 23.7 Å². The molecule has 2 N–H and O–H groups in total. The van der Waals surface area contributed by atoms with Gasteiger partial charge in [-0.1, -0.05) is 21.6 Å². The van der Waals surface area contributed by atoms with Gasteiger partial charge in [-0.05, 0) is 39.9 Å². The first-order valence-electron chi connectivity index (χ1n) is 5.07. The number of aliphatic hydroxyl groups is 2. The Hall–Kier alpha value is 0.970. The zero-order valence-electron chi connectivity index (χ0n) is 7.70. The van der Waals surface area contributed by atoms with Crippen LogP contribution in [0.25, 0.3) is 0 Å². The van der Waals surface area contributed by atoms with E-state index in [0.29, 0.717) is 23.7 Å². The molecule has 0 amide bonds. The summed E-state index contributed by atoms with van der Waals surface area (Å²) in [6.45, 7) is 0.539. The summed E-state index contributed by atoms with van der Waals surface area (Å²) in [5.74, 6) is 2.08. The molecule has 1 aliphatic heterocycles. The lowest BCUT2D eigenvalue weighted by Crippen LogP contribution is -2.39. The largest absolute Gasteiger partial charge is 0.396 e. The molecule has 0 aromatic heterocycles. The lowest BCUT2D eigenvalue weighted by molar-refractivity contribution is 0.0841. The van der Waals surface area contributed by atoms with Crippen molar-refractivity contribution in [3.63, 3.8) is 0 Å². The smallest absolute Gasteiger partial charge is 0.0465 e. The van der Waals surface area contributed by atoms with Crippen LogP contribution in [0.4, 0.5) is 0 Å². The predicted molar refractivity (Wildman–Crippen MR) is 63.1 cm³/mol. The Morgan fingerprint density at radius 3 is 1.86 bits per heavy atom. The third kappa shape index (κ3) is 1.22. The number of rotatable bonds is 2. The van der Waals surface area contributed by atoms with Crippen molar-refractivity contribution in [2.45, 2.75) is 16.9 Å². The van der Waals surface area contributed by atoms with Crippen LogP contribution in [0.5, 0.6) is 0 Å². The van der Waals surface area contributed by atoms with E-state index < -0.39 is 0 Å². The van der Waals surface area contributed by atoms with Crippen molar-refractivity contribution in [1.82, 2.24) is 0 Å². The molecule has 1 saturated heterocycles. The molecule has 2 nitrogen and oxygen atoms in total. The van der Waals surface area contributed by atoms with Crippen LogP contribution < -0.4 is 0 Å². The van der Waals surface area contributed by atoms with Crippen LogP contribution in [0.3, 0.4) is 0 Å². The summed E-state index contributed by atoms with van der Waals surface area (Å²) in [6.07, 6.45) is 1.24. The van der Waals surface area contributed by atoms with Crippen LogP contribution >= 0.6 is 31.4 Å². The van der Waals surface area contributed by atoms with Gasteiger partial charge in [-0.15, -0.1) is 0 Å². The molecule has 6 atom stereocenters. The second-order valence-corrected chi connectivity index (χ2v) is 8.84.